The maximum atomic E-state index is 13.5. The van der Waals surface area contributed by atoms with E-state index in [0.29, 0.717) is 23.2 Å². The number of nitrogens with zero attached hydrogens (tertiary/aromatic N) is 6. The Kier molecular flexibility index (Phi) is 7.20. The first-order valence-electron chi connectivity index (χ1n) is 12.5. The number of hydrogen-bond acceptors (Lipinski definition) is 6. The van der Waals surface area contributed by atoms with Gasteiger partial charge in [-0.25, -0.2) is 13.9 Å². The summed E-state index contributed by atoms with van der Waals surface area (Å²) < 4.78 is 15.1. The highest BCUT2D eigenvalue weighted by Crippen LogP contribution is 2.30. The van der Waals surface area contributed by atoms with Crippen LogP contribution in [0.25, 0.3) is 16.9 Å². The Morgan fingerprint density at radius 1 is 1.16 bits per heavy atom. The number of carbonyl (C=O) groups is 2. The minimum absolute atomic E-state index is 0.123. The van der Waals surface area contributed by atoms with E-state index in [9.17, 15) is 14.0 Å². The third-order valence-corrected chi connectivity index (χ3v) is 7.00. The molecule has 10 heteroatoms. The third kappa shape index (κ3) is 5.22. The molecule has 0 unspecified atom stereocenters. The molecule has 0 saturated carbocycles. The zero-order valence-electron chi connectivity index (χ0n) is 22.9. The first-order chi connectivity index (χ1) is 17.8. The first-order valence-corrected chi connectivity index (χ1v) is 12.5. The number of carbonyl (C=O) groups excluding carboxylic acids is 2. The van der Waals surface area contributed by atoms with Crippen molar-refractivity contribution in [2.45, 2.75) is 52.5 Å². The normalized spacial score (nSPS) is 15.9. The number of benzene rings is 1. The number of aryl methyl sites for hydroxylation is 1. The molecule has 38 heavy (non-hydrogen) atoms. The number of piperazine rings is 1. The van der Waals surface area contributed by atoms with Crippen molar-refractivity contribution in [2.24, 2.45) is 0 Å². The van der Waals surface area contributed by atoms with Gasteiger partial charge in [0.1, 0.15) is 11.5 Å². The highest BCUT2D eigenvalue weighted by atomic mass is 19.1. The zero-order chi connectivity index (χ0) is 27.8. The molecule has 0 aliphatic carbocycles. The van der Waals surface area contributed by atoms with E-state index in [1.54, 1.807) is 47.1 Å². The highest BCUT2D eigenvalue weighted by Gasteiger charge is 2.40. The molecule has 4 aromatic rings. The number of aromatic amines is 1. The van der Waals surface area contributed by atoms with Gasteiger partial charge in [-0.2, -0.15) is 10.2 Å². The average Bonchev–Trinajstić information content (AvgIpc) is 3.54. The SMILES string of the molecule is CN1CCN(c2cn[nH]c2)C(=O)C1(C)C.Cc1cc(-c2cc(C(C)(C)C)c3nc(C=O)cn3n2)ccc1F. The smallest absolute Gasteiger partial charge is 0.247 e. The number of likely N-dealkylation sites (N-methyl/N-ethyl adjacent to an activating group) is 1. The number of nitrogens with one attached hydrogen (secondary N) is 1. The minimum Gasteiger partial charge on any atom is -0.307 e. The fourth-order valence-electron chi connectivity index (χ4n) is 4.31. The van der Waals surface area contributed by atoms with Crippen molar-refractivity contribution >= 4 is 23.5 Å². The number of aromatic nitrogens is 5. The summed E-state index contributed by atoms with van der Waals surface area (Å²) in [6, 6.07) is 6.88. The number of halogens is 1. The summed E-state index contributed by atoms with van der Waals surface area (Å²) in [6.45, 7) is 13.5. The quantitative estimate of drug-likeness (QED) is 0.402. The monoisotopic (exact) mass is 519 g/mol. The van der Waals surface area contributed by atoms with E-state index in [2.05, 4.69) is 46.0 Å². The van der Waals surface area contributed by atoms with Crippen LogP contribution in [0, 0.1) is 12.7 Å². The Balaban J connectivity index is 0.000000194. The van der Waals surface area contributed by atoms with Gasteiger partial charge >= 0.3 is 0 Å². The van der Waals surface area contributed by atoms with Crippen LogP contribution < -0.4 is 4.90 Å². The lowest BCUT2D eigenvalue weighted by Gasteiger charge is -2.43. The van der Waals surface area contributed by atoms with Crippen molar-refractivity contribution in [3.8, 4) is 11.3 Å². The highest BCUT2D eigenvalue weighted by molar-refractivity contribution is 6.00. The summed E-state index contributed by atoms with van der Waals surface area (Å²) in [5, 5.41) is 11.1. The van der Waals surface area contributed by atoms with Crippen molar-refractivity contribution in [3.63, 3.8) is 0 Å². The summed E-state index contributed by atoms with van der Waals surface area (Å²) in [6.07, 6.45) is 5.75. The van der Waals surface area contributed by atoms with Crippen LogP contribution in [0.15, 0.2) is 42.9 Å². The number of anilines is 1. The molecule has 3 aromatic heterocycles. The predicted molar refractivity (Wildman–Crippen MR) is 145 cm³/mol. The molecule has 9 nitrogen and oxygen atoms in total. The first kappa shape index (κ1) is 27.1. The molecule has 1 N–H and O–H groups in total. The van der Waals surface area contributed by atoms with Crippen LogP contribution in [0.5, 0.6) is 0 Å². The fraction of sp³-hybridized carbons (Fsp3) is 0.393. The number of H-pyrrole nitrogens is 1. The van der Waals surface area contributed by atoms with Crippen LogP contribution in [-0.4, -0.2) is 67.6 Å². The maximum Gasteiger partial charge on any atom is 0.247 e. The predicted octanol–water partition coefficient (Wildman–Crippen LogP) is 4.42. The van der Waals surface area contributed by atoms with Crippen molar-refractivity contribution < 1.29 is 14.0 Å². The topological polar surface area (TPSA) is 99.5 Å². The van der Waals surface area contributed by atoms with Gasteiger partial charge in [-0.05, 0) is 63.1 Å². The summed E-state index contributed by atoms with van der Waals surface area (Å²) in [5.74, 6) is -0.116. The van der Waals surface area contributed by atoms with Gasteiger partial charge in [-0.3, -0.25) is 19.6 Å². The van der Waals surface area contributed by atoms with E-state index < -0.39 is 5.54 Å². The van der Waals surface area contributed by atoms with E-state index >= 15 is 0 Å². The number of rotatable bonds is 3. The lowest BCUT2D eigenvalue weighted by molar-refractivity contribution is -0.130. The van der Waals surface area contributed by atoms with E-state index in [4.69, 9.17) is 0 Å². The zero-order valence-corrected chi connectivity index (χ0v) is 22.9. The second-order valence-corrected chi connectivity index (χ2v) is 11.1. The molecule has 1 fully saturated rings. The van der Waals surface area contributed by atoms with Gasteiger partial charge in [-0.1, -0.05) is 20.8 Å². The summed E-state index contributed by atoms with van der Waals surface area (Å²) >= 11 is 0. The lowest BCUT2D eigenvalue weighted by Crippen LogP contribution is -2.61. The van der Waals surface area contributed by atoms with Crippen LogP contribution in [-0.2, 0) is 10.2 Å². The van der Waals surface area contributed by atoms with Gasteiger partial charge in [0.15, 0.2) is 11.9 Å². The van der Waals surface area contributed by atoms with Crippen LogP contribution in [0.1, 0.15) is 56.2 Å². The molecule has 0 spiro atoms. The molecule has 1 aliphatic rings. The maximum absolute atomic E-state index is 13.5. The van der Waals surface area contributed by atoms with Crippen molar-refractivity contribution in [3.05, 3.63) is 65.5 Å². The van der Waals surface area contributed by atoms with Crippen molar-refractivity contribution in [1.82, 2.24) is 29.7 Å². The number of imidazole rings is 1. The lowest BCUT2D eigenvalue weighted by atomic mass is 9.87. The molecule has 1 aliphatic heterocycles. The van der Waals surface area contributed by atoms with Crippen molar-refractivity contribution in [2.75, 3.05) is 25.0 Å². The number of amides is 1. The fourth-order valence-corrected chi connectivity index (χ4v) is 4.31. The Morgan fingerprint density at radius 3 is 2.50 bits per heavy atom. The average molecular weight is 520 g/mol. The van der Waals surface area contributed by atoms with Gasteiger partial charge in [0.25, 0.3) is 0 Å². The number of fused-ring (bicyclic) bond motifs is 1. The second-order valence-electron chi connectivity index (χ2n) is 11.1. The number of hydrogen-bond donors (Lipinski definition) is 1. The molecule has 200 valence electrons. The van der Waals surface area contributed by atoms with Crippen molar-refractivity contribution in [1.29, 1.82) is 0 Å². The number of aldehydes is 1. The van der Waals surface area contributed by atoms with E-state index in [0.717, 1.165) is 35.6 Å². The van der Waals surface area contributed by atoms with Crippen LogP contribution in [0.4, 0.5) is 10.1 Å². The Hall–Kier alpha value is -3.92. The molecule has 4 heterocycles. The summed E-state index contributed by atoms with van der Waals surface area (Å²) in [7, 11) is 1.98. The third-order valence-electron chi connectivity index (χ3n) is 7.00. The standard InChI is InChI=1S/C18H18FN3O.C10H16N4O/c1-11-7-12(5-6-15(11)19)16-8-14(18(2,3)4)17-20-13(10-23)9-22(17)21-16;1-10(2)9(15)14(5-4-13(10)3)8-6-11-12-7-8/h5-10H,1-4H3;6-7H,4-5H2,1-3H3,(H,11,12). The van der Waals surface area contributed by atoms with Crippen LogP contribution in [0.2, 0.25) is 0 Å². The second kappa shape index (κ2) is 10.1. The van der Waals surface area contributed by atoms with Gasteiger partial charge in [-0.15, -0.1) is 0 Å². The Morgan fingerprint density at radius 2 is 1.89 bits per heavy atom. The molecule has 1 aromatic carbocycles. The Labute approximate surface area is 221 Å². The summed E-state index contributed by atoms with van der Waals surface area (Å²) in [5.41, 5.74) is 4.37. The van der Waals surface area contributed by atoms with Gasteiger partial charge < -0.3 is 4.90 Å². The van der Waals surface area contributed by atoms with Crippen LogP contribution in [0.3, 0.4) is 0 Å². The van der Waals surface area contributed by atoms with E-state index in [1.165, 1.54) is 6.07 Å². The molecule has 0 bridgehead atoms. The molecule has 5 rings (SSSR count). The van der Waals surface area contributed by atoms with Gasteiger partial charge in [0, 0.05) is 30.4 Å². The molecule has 1 saturated heterocycles. The molecule has 0 radical (unpaired) electrons. The molecule has 1 amide bonds. The summed E-state index contributed by atoms with van der Waals surface area (Å²) in [4.78, 5) is 31.4. The van der Waals surface area contributed by atoms with E-state index in [1.807, 2.05) is 27.0 Å². The van der Waals surface area contributed by atoms with Gasteiger partial charge in [0.2, 0.25) is 5.91 Å². The molecular formula is C28H34FN7O2. The molecular weight excluding hydrogens is 485 g/mol. The minimum atomic E-state index is -0.435. The molecule has 0 atom stereocenters. The van der Waals surface area contributed by atoms with Gasteiger partial charge in [0.05, 0.1) is 29.3 Å². The van der Waals surface area contributed by atoms with E-state index in [-0.39, 0.29) is 17.1 Å². The Bertz CT molecular complexity index is 1470. The van der Waals surface area contributed by atoms with Crippen LogP contribution >= 0.6 is 0 Å². The largest absolute Gasteiger partial charge is 0.307 e.